The first-order valence-electron chi connectivity index (χ1n) is 12.7. The second-order valence-electron chi connectivity index (χ2n) is 10.3. The molecule has 1 atom stereocenters. The van der Waals surface area contributed by atoms with Gasteiger partial charge < -0.3 is 10.2 Å². The van der Waals surface area contributed by atoms with Crippen molar-refractivity contribution in [3.63, 3.8) is 0 Å². The Bertz CT molecular complexity index is 1170. The summed E-state index contributed by atoms with van der Waals surface area (Å²) in [7, 11) is 0. The number of nitrogens with zero attached hydrogens (tertiary/aromatic N) is 1. The summed E-state index contributed by atoms with van der Waals surface area (Å²) < 4.78 is 0. The summed E-state index contributed by atoms with van der Waals surface area (Å²) in [6, 6.07) is 22.6. The number of hydrogen-bond donors (Lipinski definition) is 1. The van der Waals surface area contributed by atoms with Crippen molar-refractivity contribution in [2.24, 2.45) is 0 Å². The summed E-state index contributed by atoms with van der Waals surface area (Å²) in [6.45, 7) is 8.05. The van der Waals surface area contributed by atoms with Crippen molar-refractivity contribution in [3.8, 4) is 0 Å². The quantitative estimate of drug-likeness (QED) is 0.300. The minimum Gasteiger partial charge on any atom is -0.350 e. The molecule has 0 aliphatic carbocycles. The van der Waals surface area contributed by atoms with Crippen LogP contribution < -0.4 is 5.32 Å². The van der Waals surface area contributed by atoms with Gasteiger partial charge in [-0.1, -0.05) is 90.8 Å². The molecule has 0 heterocycles. The SMILES string of the molecule is CCc1ccc(CCC(=O)N(Cc2c(Cl)cccc2Cl)C(Cc2ccccc2)C(=O)NC(C)(C)C)cc1. The molecule has 6 heteroatoms. The van der Waals surface area contributed by atoms with E-state index in [-0.39, 0.29) is 24.8 Å². The van der Waals surface area contributed by atoms with Crippen LogP contribution in [0.25, 0.3) is 0 Å². The van der Waals surface area contributed by atoms with E-state index >= 15 is 0 Å². The fraction of sp³-hybridized carbons (Fsp3) is 0.355. The van der Waals surface area contributed by atoms with Crippen LogP contribution in [0.3, 0.4) is 0 Å². The molecule has 0 saturated heterocycles. The van der Waals surface area contributed by atoms with Crippen LogP contribution in [0.5, 0.6) is 0 Å². The molecule has 1 unspecified atom stereocenters. The molecule has 1 N–H and O–H groups in total. The highest BCUT2D eigenvalue weighted by Crippen LogP contribution is 2.28. The average molecular weight is 540 g/mol. The van der Waals surface area contributed by atoms with Crippen LogP contribution in [-0.2, 0) is 35.4 Å². The zero-order chi connectivity index (χ0) is 27.0. The Balaban J connectivity index is 1.96. The number of aryl methyl sites for hydroxylation is 2. The molecule has 0 spiro atoms. The minimum absolute atomic E-state index is 0.124. The van der Waals surface area contributed by atoms with Crippen molar-refractivity contribution >= 4 is 35.0 Å². The van der Waals surface area contributed by atoms with E-state index in [1.54, 1.807) is 23.1 Å². The molecule has 0 fully saturated rings. The number of nitrogens with one attached hydrogen (secondary N) is 1. The summed E-state index contributed by atoms with van der Waals surface area (Å²) in [5, 5.41) is 4.01. The number of amides is 2. The van der Waals surface area contributed by atoms with E-state index in [2.05, 4.69) is 36.5 Å². The summed E-state index contributed by atoms with van der Waals surface area (Å²) in [5.74, 6) is -0.333. The maximum Gasteiger partial charge on any atom is 0.243 e. The lowest BCUT2D eigenvalue weighted by atomic mass is 9.99. The van der Waals surface area contributed by atoms with Gasteiger partial charge in [0.2, 0.25) is 11.8 Å². The highest BCUT2D eigenvalue weighted by Gasteiger charge is 2.32. The topological polar surface area (TPSA) is 49.4 Å². The maximum atomic E-state index is 13.8. The van der Waals surface area contributed by atoms with E-state index in [4.69, 9.17) is 23.2 Å². The molecule has 3 aromatic rings. The summed E-state index contributed by atoms with van der Waals surface area (Å²) in [5.41, 5.74) is 3.49. The maximum absolute atomic E-state index is 13.8. The second-order valence-corrected chi connectivity index (χ2v) is 11.2. The Morgan fingerprint density at radius 2 is 1.43 bits per heavy atom. The van der Waals surface area contributed by atoms with Gasteiger partial charge >= 0.3 is 0 Å². The van der Waals surface area contributed by atoms with Crippen LogP contribution in [0.2, 0.25) is 10.0 Å². The number of benzene rings is 3. The largest absolute Gasteiger partial charge is 0.350 e. The molecular weight excluding hydrogens is 503 g/mol. The standard InChI is InChI=1S/C31H36Cl2N2O2/c1-5-22-14-16-23(17-15-22)18-19-29(36)35(21-25-26(32)12-9-13-27(25)33)28(30(37)34-31(2,3)4)20-24-10-7-6-8-11-24/h6-17,28H,5,18-21H2,1-4H3,(H,34,37). The summed E-state index contributed by atoms with van der Waals surface area (Å²) in [6.07, 6.45) is 2.19. The predicted molar refractivity (Wildman–Crippen MR) is 153 cm³/mol. The van der Waals surface area contributed by atoms with Crippen molar-refractivity contribution in [2.75, 3.05) is 0 Å². The first-order valence-corrected chi connectivity index (χ1v) is 13.5. The molecule has 0 radical (unpaired) electrons. The van der Waals surface area contributed by atoms with Gasteiger partial charge in [-0.05, 0) is 62.4 Å². The Morgan fingerprint density at radius 3 is 2.00 bits per heavy atom. The molecule has 2 amide bonds. The number of hydrogen-bond acceptors (Lipinski definition) is 2. The van der Waals surface area contributed by atoms with Gasteiger partial charge in [-0.15, -0.1) is 0 Å². The van der Waals surface area contributed by atoms with E-state index in [1.807, 2.05) is 51.1 Å². The third-order valence-corrected chi connectivity index (χ3v) is 6.93. The van der Waals surface area contributed by atoms with Gasteiger partial charge in [-0.25, -0.2) is 0 Å². The molecule has 37 heavy (non-hydrogen) atoms. The number of carbonyl (C=O) groups excluding carboxylic acids is 2. The second kappa shape index (κ2) is 13.1. The lowest BCUT2D eigenvalue weighted by Crippen LogP contribution is -2.54. The predicted octanol–water partition coefficient (Wildman–Crippen LogP) is 7.04. The normalized spacial score (nSPS) is 12.2. The van der Waals surface area contributed by atoms with Crippen LogP contribution >= 0.6 is 23.2 Å². The first-order chi connectivity index (χ1) is 17.6. The van der Waals surface area contributed by atoms with Crippen LogP contribution in [0.1, 0.15) is 56.4 Å². The summed E-state index contributed by atoms with van der Waals surface area (Å²) >= 11 is 13.0. The molecule has 196 valence electrons. The number of rotatable bonds is 10. The Morgan fingerprint density at radius 1 is 0.838 bits per heavy atom. The third kappa shape index (κ3) is 8.62. The van der Waals surface area contributed by atoms with E-state index in [0.29, 0.717) is 28.5 Å². The van der Waals surface area contributed by atoms with Crippen molar-refractivity contribution < 1.29 is 9.59 Å². The van der Waals surface area contributed by atoms with Gasteiger partial charge in [-0.2, -0.15) is 0 Å². The molecule has 0 aromatic heterocycles. The minimum atomic E-state index is -0.732. The van der Waals surface area contributed by atoms with Gasteiger partial charge in [0.25, 0.3) is 0 Å². The molecule has 0 aliphatic rings. The monoisotopic (exact) mass is 538 g/mol. The number of halogens is 2. The van der Waals surface area contributed by atoms with Gasteiger partial charge in [0.05, 0.1) is 0 Å². The molecule has 0 saturated carbocycles. The van der Waals surface area contributed by atoms with Crippen molar-refractivity contribution in [1.29, 1.82) is 0 Å². The average Bonchev–Trinajstić information content (AvgIpc) is 2.86. The fourth-order valence-electron chi connectivity index (χ4n) is 4.20. The zero-order valence-corrected chi connectivity index (χ0v) is 23.6. The molecular formula is C31H36Cl2N2O2. The van der Waals surface area contributed by atoms with Crippen molar-refractivity contribution in [1.82, 2.24) is 10.2 Å². The van der Waals surface area contributed by atoms with E-state index in [9.17, 15) is 9.59 Å². The molecule has 0 aliphatic heterocycles. The Kier molecular flexibility index (Phi) is 10.2. The van der Waals surface area contributed by atoms with Gasteiger partial charge in [0.1, 0.15) is 6.04 Å². The zero-order valence-electron chi connectivity index (χ0n) is 22.1. The van der Waals surface area contributed by atoms with Crippen LogP contribution in [0, 0.1) is 0 Å². The van der Waals surface area contributed by atoms with Crippen LogP contribution in [0.4, 0.5) is 0 Å². The van der Waals surface area contributed by atoms with E-state index < -0.39 is 11.6 Å². The fourth-order valence-corrected chi connectivity index (χ4v) is 4.71. The first kappa shape index (κ1) is 28.7. The Hall–Kier alpha value is -2.82. The lowest BCUT2D eigenvalue weighted by molar-refractivity contribution is -0.141. The summed E-state index contributed by atoms with van der Waals surface area (Å²) in [4.78, 5) is 29.1. The van der Waals surface area contributed by atoms with Gasteiger partial charge in [0, 0.05) is 40.5 Å². The molecule has 3 rings (SSSR count). The Labute approximate surface area is 231 Å². The smallest absolute Gasteiger partial charge is 0.243 e. The van der Waals surface area contributed by atoms with E-state index in [1.165, 1.54) is 5.56 Å². The van der Waals surface area contributed by atoms with E-state index in [0.717, 1.165) is 17.5 Å². The highest BCUT2D eigenvalue weighted by atomic mass is 35.5. The van der Waals surface area contributed by atoms with Gasteiger partial charge in [-0.3, -0.25) is 9.59 Å². The number of carbonyl (C=O) groups is 2. The highest BCUT2D eigenvalue weighted by molar-refractivity contribution is 6.36. The van der Waals surface area contributed by atoms with Crippen molar-refractivity contribution in [2.45, 2.75) is 71.5 Å². The third-order valence-electron chi connectivity index (χ3n) is 6.22. The molecule has 3 aromatic carbocycles. The molecule has 4 nitrogen and oxygen atoms in total. The van der Waals surface area contributed by atoms with Crippen molar-refractivity contribution in [3.05, 3.63) is 105 Å². The van der Waals surface area contributed by atoms with Crippen LogP contribution in [0.15, 0.2) is 72.8 Å². The van der Waals surface area contributed by atoms with Crippen LogP contribution in [-0.4, -0.2) is 28.3 Å². The lowest BCUT2D eigenvalue weighted by Gasteiger charge is -2.34. The molecule has 0 bridgehead atoms. The van der Waals surface area contributed by atoms with Gasteiger partial charge in [0.15, 0.2) is 0 Å².